The molecule has 0 saturated carbocycles. The van der Waals surface area contributed by atoms with E-state index >= 15 is 0 Å². The molecule has 0 bridgehead atoms. The van der Waals surface area contributed by atoms with Gasteiger partial charge in [0.05, 0.1) is 24.5 Å². The van der Waals surface area contributed by atoms with Gasteiger partial charge in [-0.15, -0.1) is 0 Å². The number of carbonyl (C=O) groups is 1. The normalized spacial score (nSPS) is 11.7. The van der Waals surface area contributed by atoms with Crippen molar-refractivity contribution in [2.24, 2.45) is 0 Å². The maximum absolute atomic E-state index is 11.9. The fourth-order valence-corrected chi connectivity index (χ4v) is 1.93. The Morgan fingerprint density at radius 2 is 2.00 bits per heavy atom. The number of halogens is 1. The molecule has 3 N–H and O–H groups in total. The van der Waals surface area contributed by atoms with Crippen LogP contribution in [0.15, 0.2) is 53.3 Å². The third kappa shape index (κ3) is 4.04. The van der Waals surface area contributed by atoms with Gasteiger partial charge in [-0.25, -0.2) is 9.78 Å². The number of hydrogen-bond donors (Lipinski definition) is 3. The van der Waals surface area contributed by atoms with Gasteiger partial charge in [-0.1, -0.05) is 30.3 Å². The lowest BCUT2D eigenvalue weighted by Gasteiger charge is -2.17. The zero-order valence-electron chi connectivity index (χ0n) is 10.6. The summed E-state index contributed by atoms with van der Waals surface area (Å²) >= 11 is 3.22. The molecule has 0 spiro atoms. The molecule has 0 aliphatic rings. The summed E-state index contributed by atoms with van der Waals surface area (Å²) in [5.74, 6) is 0. The predicted molar refractivity (Wildman–Crippen MR) is 80.4 cm³/mol. The van der Waals surface area contributed by atoms with E-state index in [1.165, 1.54) is 0 Å². The molecule has 0 radical (unpaired) electrons. The summed E-state index contributed by atoms with van der Waals surface area (Å²) < 4.78 is 0.695. The van der Waals surface area contributed by atoms with Crippen LogP contribution < -0.4 is 10.6 Å². The first-order valence-corrected chi connectivity index (χ1v) is 6.83. The minimum absolute atomic E-state index is 0.171. The number of urea groups is 1. The SMILES string of the molecule is O=C(Nc1ccc(Br)nc1)N[C@H](CO)c1ccccc1. The number of hydrogen-bond acceptors (Lipinski definition) is 3. The number of nitrogens with one attached hydrogen (secondary N) is 2. The highest BCUT2D eigenvalue weighted by Crippen LogP contribution is 2.13. The lowest BCUT2D eigenvalue weighted by molar-refractivity contribution is 0.225. The van der Waals surface area contributed by atoms with Crippen molar-refractivity contribution >= 4 is 27.6 Å². The van der Waals surface area contributed by atoms with Crippen molar-refractivity contribution in [3.05, 3.63) is 58.8 Å². The number of aliphatic hydroxyl groups excluding tert-OH is 1. The second kappa shape index (κ2) is 7.02. The number of aromatic nitrogens is 1. The molecular weight excluding hydrogens is 322 g/mol. The summed E-state index contributed by atoms with van der Waals surface area (Å²) in [4.78, 5) is 15.9. The van der Waals surface area contributed by atoms with Gasteiger partial charge in [-0.05, 0) is 33.6 Å². The summed E-state index contributed by atoms with van der Waals surface area (Å²) in [5, 5.41) is 14.7. The van der Waals surface area contributed by atoms with Crippen molar-refractivity contribution in [1.29, 1.82) is 0 Å². The van der Waals surface area contributed by atoms with E-state index in [2.05, 4.69) is 31.5 Å². The topological polar surface area (TPSA) is 74.2 Å². The van der Waals surface area contributed by atoms with E-state index in [0.29, 0.717) is 10.3 Å². The second-order valence-corrected chi connectivity index (χ2v) is 4.93. The van der Waals surface area contributed by atoms with Crippen LogP contribution in [0, 0.1) is 0 Å². The van der Waals surface area contributed by atoms with Crippen LogP contribution in [0.3, 0.4) is 0 Å². The average molecular weight is 336 g/mol. The van der Waals surface area contributed by atoms with Gasteiger partial charge in [0.2, 0.25) is 0 Å². The van der Waals surface area contributed by atoms with E-state index in [1.807, 2.05) is 30.3 Å². The number of amides is 2. The standard InChI is InChI=1S/C14H14BrN3O2/c15-13-7-6-11(8-16-13)17-14(20)18-12(9-19)10-4-2-1-3-5-10/h1-8,12,19H,9H2,(H2,17,18,20)/t12-/m1/s1. The molecule has 0 unspecified atom stereocenters. The van der Waals surface area contributed by atoms with Crippen molar-refractivity contribution in [3.63, 3.8) is 0 Å². The fraction of sp³-hybridized carbons (Fsp3) is 0.143. The lowest BCUT2D eigenvalue weighted by Crippen LogP contribution is -2.34. The summed E-state index contributed by atoms with van der Waals surface area (Å²) in [6.07, 6.45) is 1.54. The number of pyridine rings is 1. The molecule has 0 saturated heterocycles. The number of nitrogens with zero attached hydrogens (tertiary/aromatic N) is 1. The number of benzene rings is 1. The van der Waals surface area contributed by atoms with Gasteiger partial charge in [0.15, 0.2) is 0 Å². The molecule has 1 aromatic heterocycles. The Kier molecular flexibility index (Phi) is 5.09. The van der Waals surface area contributed by atoms with E-state index < -0.39 is 12.1 Å². The quantitative estimate of drug-likeness (QED) is 0.752. The van der Waals surface area contributed by atoms with Gasteiger partial charge in [-0.2, -0.15) is 0 Å². The Morgan fingerprint density at radius 1 is 1.25 bits per heavy atom. The Hall–Kier alpha value is -1.92. The smallest absolute Gasteiger partial charge is 0.319 e. The van der Waals surface area contributed by atoms with E-state index in [0.717, 1.165) is 5.56 Å². The number of carbonyl (C=O) groups excluding carboxylic acids is 1. The van der Waals surface area contributed by atoms with Crippen molar-refractivity contribution in [1.82, 2.24) is 10.3 Å². The van der Waals surface area contributed by atoms with E-state index in [4.69, 9.17) is 0 Å². The van der Waals surface area contributed by atoms with Crippen LogP contribution in [0.4, 0.5) is 10.5 Å². The second-order valence-electron chi connectivity index (χ2n) is 4.11. The molecule has 1 heterocycles. The van der Waals surface area contributed by atoms with Crippen LogP contribution in [0.2, 0.25) is 0 Å². The van der Waals surface area contributed by atoms with Gasteiger partial charge >= 0.3 is 6.03 Å². The highest BCUT2D eigenvalue weighted by molar-refractivity contribution is 9.10. The number of rotatable bonds is 4. The third-order valence-corrected chi connectivity index (χ3v) is 3.14. The largest absolute Gasteiger partial charge is 0.394 e. The molecule has 2 amide bonds. The van der Waals surface area contributed by atoms with Gasteiger partial charge in [0.1, 0.15) is 4.60 Å². The molecule has 0 fully saturated rings. The van der Waals surface area contributed by atoms with Crippen molar-refractivity contribution < 1.29 is 9.90 Å². The molecule has 20 heavy (non-hydrogen) atoms. The average Bonchev–Trinajstić information content (AvgIpc) is 2.48. The summed E-state index contributed by atoms with van der Waals surface area (Å²) in [5.41, 5.74) is 1.43. The monoisotopic (exact) mass is 335 g/mol. The van der Waals surface area contributed by atoms with Crippen LogP contribution >= 0.6 is 15.9 Å². The lowest BCUT2D eigenvalue weighted by atomic mass is 10.1. The van der Waals surface area contributed by atoms with Crippen molar-refractivity contribution in [3.8, 4) is 0 Å². The molecule has 2 aromatic rings. The van der Waals surface area contributed by atoms with E-state index in [9.17, 15) is 9.90 Å². The highest BCUT2D eigenvalue weighted by atomic mass is 79.9. The molecule has 0 aliphatic heterocycles. The number of anilines is 1. The summed E-state index contributed by atoms with van der Waals surface area (Å²) in [6.45, 7) is -0.171. The Balaban J connectivity index is 1.97. The van der Waals surface area contributed by atoms with Gasteiger partial charge in [0.25, 0.3) is 0 Å². The van der Waals surface area contributed by atoms with E-state index in [-0.39, 0.29) is 6.61 Å². The van der Waals surface area contributed by atoms with Crippen LogP contribution in [-0.2, 0) is 0 Å². The van der Waals surface area contributed by atoms with Gasteiger partial charge in [0, 0.05) is 0 Å². The zero-order chi connectivity index (χ0) is 14.4. The minimum atomic E-state index is -0.445. The molecule has 6 heteroatoms. The van der Waals surface area contributed by atoms with Gasteiger partial charge < -0.3 is 15.7 Å². The molecule has 2 rings (SSSR count). The Labute approximate surface area is 125 Å². The molecule has 0 aliphatic carbocycles. The van der Waals surface area contributed by atoms with Crippen LogP contribution in [-0.4, -0.2) is 22.7 Å². The number of aliphatic hydroxyl groups is 1. The zero-order valence-corrected chi connectivity index (χ0v) is 12.2. The first-order chi connectivity index (χ1) is 9.69. The van der Waals surface area contributed by atoms with Crippen molar-refractivity contribution in [2.45, 2.75) is 6.04 Å². The van der Waals surface area contributed by atoms with Gasteiger partial charge in [-0.3, -0.25) is 0 Å². The Bertz CT molecular complexity index is 560. The van der Waals surface area contributed by atoms with E-state index in [1.54, 1.807) is 18.3 Å². The van der Waals surface area contributed by atoms with Crippen LogP contribution in [0.25, 0.3) is 0 Å². The first-order valence-electron chi connectivity index (χ1n) is 6.04. The maximum Gasteiger partial charge on any atom is 0.319 e. The molecular formula is C14H14BrN3O2. The molecule has 104 valence electrons. The maximum atomic E-state index is 11.9. The predicted octanol–water partition coefficient (Wildman–Crippen LogP) is 2.70. The highest BCUT2D eigenvalue weighted by Gasteiger charge is 2.13. The fourth-order valence-electron chi connectivity index (χ4n) is 1.69. The van der Waals surface area contributed by atoms with Crippen LogP contribution in [0.5, 0.6) is 0 Å². The molecule has 5 nitrogen and oxygen atoms in total. The molecule has 1 atom stereocenters. The first kappa shape index (κ1) is 14.5. The summed E-state index contributed by atoms with van der Waals surface area (Å²) in [6, 6.07) is 11.9. The minimum Gasteiger partial charge on any atom is -0.394 e. The van der Waals surface area contributed by atoms with Crippen molar-refractivity contribution in [2.75, 3.05) is 11.9 Å². The van der Waals surface area contributed by atoms with Crippen LogP contribution in [0.1, 0.15) is 11.6 Å². The Morgan fingerprint density at radius 3 is 2.60 bits per heavy atom. The molecule has 1 aromatic carbocycles. The third-order valence-electron chi connectivity index (χ3n) is 2.68. The summed E-state index contributed by atoms with van der Waals surface area (Å²) in [7, 11) is 0.